The molecule has 0 bridgehead atoms. The highest BCUT2D eigenvalue weighted by atomic mass is 79.9. The molecule has 1 nitrogen and oxygen atoms in total. The van der Waals surface area contributed by atoms with Crippen LogP contribution in [0.25, 0.3) is 0 Å². The van der Waals surface area contributed by atoms with Gasteiger partial charge in [0.1, 0.15) is 17.3 Å². The van der Waals surface area contributed by atoms with Gasteiger partial charge in [-0.15, -0.1) is 0 Å². The van der Waals surface area contributed by atoms with E-state index in [2.05, 4.69) is 15.9 Å². The lowest BCUT2D eigenvalue weighted by molar-refractivity contribution is 0.480. The van der Waals surface area contributed by atoms with Gasteiger partial charge in [0.05, 0.1) is 5.02 Å². The number of alkyl halides is 1. The normalized spacial score (nSPS) is 10.4. The van der Waals surface area contributed by atoms with Crippen LogP contribution in [0.5, 0.6) is 11.5 Å². The van der Waals surface area contributed by atoms with Crippen LogP contribution in [0.1, 0.15) is 5.56 Å². The van der Waals surface area contributed by atoms with E-state index in [1.54, 1.807) is 12.1 Å². The average molecular weight is 350 g/mol. The Bertz CT molecular complexity index is 575. The van der Waals surface area contributed by atoms with Crippen molar-refractivity contribution < 1.29 is 9.13 Å². The Morgan fingerprint density at radius 3 is 2.17 bits per heavy atom. The first-order valence-corrected chi connectivity index (χ1v) is 6.95. The van der Waals surface area contributed by atoms with Crippen LogP contribution in [0.4, 0.5) is 4.39 Å². The highest BCUT2D eigenvalue weighted by molar-refractivity contribution is 9.08. The molecule has 0 unspecified atom stereocenters. The second-order valence-corrected chi connectivity index (χ2v) is 4.94. The van der Waals surface area contributed by atoms with Gasteiger partial charge in [-0.2, -0.15) is 0 Å². The predicted octanol–water partition coefficient (Wildman–Crippen LogP) is 5.82. The van der Waals surface area contributed by atoms with Gasteiger partial charge in [-0.3, -0.25) is 0 Å². The summed E-state index contributed by atoms with van der Waals surface area (Å²) in [7, 11) is 0. The number of rotatable bonds is 3. The zero-order valence-electron chi connectivity index (χ0n) is 9.09. The van der Waals surface area contributed by atoms with E-state index in [0.29, 0.717) is 21.9 Å². The zero-order chi connectivity index (χ0) is 13.1. The highest BCUT2D eigenvalue weighted by Gasteiger charge is 2.05. The second-order valence-electron chi connectivity index (χ2n) is 3.56. The first-order chi connectivity index (χ1) is 8.60. The molecule has 0 amide bonds. The van der Waals surface area contributed by atoms with E-state index in [1.165, 1.54) is 18.2 Å². The van der Waals surface area contributed by atoms with Crippen LogP contribution in [0.2, 0.25) is 10.0 Å². The summed E-state index contributed by atoms with van der Waals surface area (Å²) in [5.41, 5.74) is 0.973. The van der Waals surface area contributed by atoms with Crippen molar-refractivity contribution in [1.82, 2.24) is 0 Å². The Morgan fingerprint density at radius 2 is 1.61 bits per heavy atom. The van der Waals surface area contributed by atoms with E-state index in [-0.39, 0.29) is 5.02 Å². The summed E-state index contributed by atoms with van der Waals surface area (Å²) in [6.07, 6.45) is 0. The summed E-state index contributed by atoms with van der Waals surface area (Å²) < 4.78 is 18.5. The molecule has 0 aliphatic rings. The fraction of sp³-hybridized carbons (Fsp3) is 0.0769. The largest absolute Gasteiger partial charge is 0.457 e. The van der Waals surface area contributed by atoms with E-state index in [4.69, 9.17) is 27.9 Å². The molecule has 0 heterocycles. The van der Waals surface area contributed by atoms with Crippen LogP contribution in [-0.4, -0.2) is 0 Å². The van der Waals surface area contributed by atoms with E-state index < -0.39 is 5.82 Å². The van der Waals surface area contributed by atoms with Crippen molar-refractivity contribution in [2.24, 2.45) is 0 Å². The van der Waals surface area contributed by atoms with Gasteiger partial charge in [0.15, 0.2) is 0 Å². The van der Waals surface area contributed by atoms with Crippen molar-refractivity contribution in [3.63, 3.8) is 0 Å². The minimum absolute atomic E-state index is 0.0238. The summed E-state index contributed by atoms with van der Waals surface area (Å²) in [4.78, 5) is 0. The van der Waals surface area contributed by atoms with Crippen LogP contribution in [0.15, 0.2) is 36.4 Å². The standard InChI is InChI=1S/C13H8BrCl2FO/c14-7-8-1-2-9(5-11(8)15)18-10-3-4-13(17)12(16)6-10/h1-6H,7H2. The summed E-state index contributed by atoms with van der Waals surface area (Å²) in [6.45, 7) is 0. The fourth-order valence-electron chi connectivity index (χ4n) is 1.38. The van der Waals surface area contributed by atoms with Crippen LogP contribution in [0, 0.1) is 5.82 Å². The third kappa shape index (κ3) is 3.16. The lowest BCUT2D eigenvalue weighted by Crippen LogP contribution is -1.87. The Kier molecular flexibility index (Phi) is 4.49. The number of benzene rings is 2. The molecule has 0 aromatic heterocycles. The molecule has 0 radical (unpaired) electrons. The number of hydrogen-bond donors (Lipinski definition) is 0. The maximum Gasteiger partial charge on any atom is 0.142 e. The quantitative estimate of drug-likeness (QED) is 0.634. The van der Waals surface area contributed by atoms with Gasteiger partial charge < -0.3 is 4.74 Å². The molecule has 94 valence electrons. The molecule has 0 aliphatic carbocycles. The number of hydrogen-bond acceptors (Lipinski definition) is 1. The molecule has 0 N–H and O–H groups in total. The Hall–Kier alpha value is -0.770. The molecule has 2 aromatic carbocycles. The molecular weight excluding hydrogens is 342 g/mol. The Balaban J connectivity index is 2.23. The molecule has 2 aromatic rings. The highest BCUT2D eigenvalue weighted by Crippen LogP contribution is 2.29. The number of ether oxygens (including phenoxy) is 1. The molecule has 18 heavy (non-hydrogen) atoms. The maximum atomic E-state index is 13.0. The minimum atomic E-state index is -0.475. The fourth-order valence-corrected chi connectivity index (χ4v) is 2.43. The molecule has 0 saturated heterocycles. The smallest absolute Gasteiger partial charge is 0.142 e. The molecule has 0 spiro atoms. The predicted molar refractivity (Wildman–Crippen MR) is 75.6 cm³/mol. The molecule has 0 aliphatic heterocycles. The van der Waals surface area contributed by atoms with Gasteiger partial charge in [0, 0.05) is 16.4 Å². The lowest BCUT2D eigenvalue weighted by atomic mass is 10.2. The van der Waals surface area contributed by atoms with Crippen LogP contribution < -0.4 is 4.74 Å². The van der Waals surface area contributed by atoms with Crippen LogP contribution in [-0.2, 0) is 5.33 Å². The van der Waals surface area contributed by atoms with Gasteiger partial charge >= 0.3 is 0 Å². The molecule has 0 atom stereocenters. The van der Waals surface area contributed by atoms with E-state index in [9.17, 15) is 4.39 Å². The zero-order valence-corrected chi connectivity index (χ0v) is 12.2. The van der Waals surface area contributed by atoms with Gasteiger partial charge in [0.2, 0.25) is 0 Å². The maximum absolute atomic E-state index is 13.0. The van der Waals surface area contributed by atoms with E-state index >= 15 is 0 Å². The SMILES string of the molecule is Fc1ccc(Oc2ccc(CBr)c(Cl)c2)cc1Cl. The van der Waals surface area contributed by atoms with Crippen molar-refractivity contribution in [2.75, 3.05) is 0 Å². The van der Waals surface area contributed by atoms with Crippen molar-refractivity contribution in [1.29, 1.82) is 0 Å². The van der Waals surface area contributed by atoms with Crippen molar-refractivity contribution in [3.8, 4) is 11.5 Å². The van der Waals surface area contributed by atoms with Gasteiger partial charge in [-0.05, 0) is 29.8 Å². The summed E-state index contributed by atoms with van der Waals surface area (Å²) in [6, 6.07) is 9.54. The third-order valence-electron chi connectivity index (χ3n) is 2.30. The van der Waals surface area contributed by atoms with Gasteiger partial charge in [-0.25, -0.2) is 4.39 Å². The molecule has 5 heteroatoms. The molecule has 0 saturated carbocycles. The summed E-state index contributed by atoms with van der Waals surface area (Å²) in [5, 5.41) is 1.31. The Labute approximate surface area is 123 Å². The van der Waals surface area contributed by atoms with Gasteiger partial charge in [0.25, 0.3) is 0 Å². The molecular formula is C13H8BrCl2FO. The van der Waals surface area contributed by atoms with Crippen molar-refractivity contribution >= 4 is 39.1 Å². The van der Waals surface area contributed by atoms with Crippen molar-refractivity contribution in [3.05, 3.63) is 57.8 Å². The minimum Gasteiger partial charge on any atom is -0.457 e. The lowest BCUT2D eigenvalue weighted by Gasteiger charge is -2.08. The summed E-state index contributed by atoms with van der Waals surface area (Å²) >= 11 is 15.1. The van der Waals surface area contributed by atoms with Crippen LogP contribution >= 0.6 is 39.1 Å². The summed E-state index contributed by atoms with van der Waals surface area (Å²) in [5.74, 6) is 0.563. The molecule has 0 fully saturated rings. The topological polar surface area (TPSA) is 9.23 Å². The van der Waals surface area contributed by atoms with Gasteiger partial charge in [-0.1, -0.05) is 45.2 Å². The third-order valence-corrected chi connectivity index (χ3v) is 3.54. The number of halogens is 4. The van der Waals surface area contributed by atoms with Crippen LogP contribution in [0.3, 0.4) is 0 Å². The average Bonchev–Trinajstić information content (AvgIpc) is 2.34. The Morgan fingerprint density at radius 1 is 1.00 bits per heavy atom. The second kappa shape index (κ2) is 5.91. The van der Waals surface area contributed by atoms with E-state index in [1.807, 2.05) is 6.07 Å². The first-order valence-electron chi connectivity index (χ1n) is 5.07. The first kappa shape index (κ1) is 13.7. The van der Waals surface area contributed by atoms with Crippen molar-refractivity contribution in [2.45, 2.75) is 5.33 Å². The molecule has 2 rings (SSSR count). The van der Waals surface area contributed by atoms with E-state index in [0.717, 1.165) is 5.56 Å². The monoisotopic (exact) mass is 348 g/mol.